The highest BCUT2D eigenvalue weighted by molar-refractivity contribution is 5.88. The average molecular weight is 700 g/mol. The van der Waals surface area contributed by atoms with Gasteiger partial charge in [-0.25, -0.2) is 0 Å². The predicted molar refractivity (Wildman–Crippen MR) is 200 cm³/mol. The summed E-state index contributed by atoms with van der Waals surface area (Å²) >= 11 is 0. The maximum Gasteiger partial charge on any atom is 0.243 e. The SMILES string of the molecule is CC(C)N1CCC(C2CCCCC2)(C2CC(CCCOC3CCC(CCNCC(O)C4CCC(O)C5NC(=O)C=CC45)CC3)CCC2O)CC1. The van der Waals surface area contributed by atoms with Crippen molar-refractivity contribution in [3.63, 3.8) is 0 Å². The number of hydrogen-bond acceptors (Lipinski definition) is 7. The van der Waals surface area contributed by atoms with Crippen LogP contribution in [-0.4, -0.2) is 95.4 Å². The summed E-state index contributed by atoms with van der Waals surface area (Å²) in [7, 11) is 0. The first-order valence-electron chi connectivity index (χ1n) is 21.3. The van der Waals surface area contributed by atoms with Crippen LogP contribution in [0.15, 0.2) is 12.2 Å². The number of likely N-dealkylation sites (tertiary alicyclic amines) is 1. The third-order valence-corrected chi connectivity index (χ3v) is 14.9. The standard InChI is InChI=1S/C42H73N3O5/c1-29(2)45-24-21-42(22-25-45,32-8-4-3-5-9-32)36-27-31(12-17-37(36)46)7-6-26-50-33-13-10-30(11-14-33)20-23-43-28-39(48)34-15-18-38(47)41-35(34)16-19-40(49)44-41/h16,19,29-39,41,43,46-48H,3-15,17-18,20-28H2,1-2H3,(H,44,49). The van der Waals surface area contributed by atoms with E-state index in [0.29, 0.717) is 36.4 Å². The predicted octanol–water partition coefficient (Wildman–Crippen LogP) is 5.97. The summed E-state index contributed by atoms with van der Waals surface area (Å²) < 4.78 is 6.46. The van der Waals surface area contributed by atoms with Crippen molar-refractivity contribution in [2.45, 2.75) is 172 Å². The van der Waals surface area contributed by atoms with Crippen molar-refractivity contribution in [3.8, 4) is 0 Å². The highest BCUT2D eigenvalue weighted by atomic mass is 16.5. The number of hydrogen-bond donors (Lipinski definition) is 5. The van der Waals surface area contributed by atoms with Crippen LogP contribution < -0.4 is 10.6 Å². The topological polar surface area (TPSA) is 114 Å². The molecule has 6 aliphatic rings. The van der Waals surface area contributed by atoms with Crippen molar-refractivity contribution in [1.82, 2.24) is 15.5 Å². The number of nitrogens with one attached hydrogen (secondary N) is 2. The molecule has 1 saturated heterocycles. The molecule has 0 radical (unpaired) electrons. The van der Waals surface area contributed by atoms with E-state index in [-0.39, 0.29) is 29.9 Å². The lowest BCUT2D eigenvalue weighted by Crippen LogP contribution is -2.56. The molecule has 8 atom stereocenters. The zero-order valence-corrected chi connectivity index (χ0v) is 31.7. The summed E-state index contributed by atoms with van der Waals surface area (Å²) in [4.78, 5) is 14.5. The van der Waals surface area contributed by atoms with Gasteiger partial charge in [-0.2, -0.15) is 0 Å². The van der Waals surface area contributed by atoms with Crippen LogP contribution in [0.1, 0.15) is 136 Å². The maximum absolute atomic E-state index is 11.8. The molecular formula is C42H73N3O5. The van der Waals surface area contributed by atoms with Crippen LogP contribution in [0.3, 0.4) is 0 Å². The quantitative estimate of drug-likeness (QED) is 0.142. The lowest BCUT2D eigenvalue weighted by Gasteiger charge is -2.56. The number of amides is 1. The van der Waals surface area contributed by atoms with Crippen LogP contribution in [0.2, 0.25) is 0 Å². The third kappa shape index (κ3) is 9.55. The first kappa shape index (κ1) is 38.7. The summed E-state index contributed by atoms with van der Waals surface area (Å²) in [6.45, 7) is 9.48. The van der Waals surface area contributed by atoms with Crippen LogP contribution >= 0.6 is 0 Å². The van der Waals surface area contributed by atoms with Crippen molar-refractivity contribution < 1.29 is 24.9 Å². The molecular weight excluding hydrogens is 626 g/mol. The minimum Gasteiger partial charge on any atom is -0.393 e. The van der Waals surface area contributed by atoms with Gasteiger partial charge in [0, 0.05) is 25.1 Å². The van der Waals surface area contributed by atoms with E-state index in [2.05, 4.69) is 29.4 Å². The summed E-state index contributed by atoms with van der Waals surface area (Å²) in [5.74, 6) is 2.66. The van der Waals surface area contributed by atoms with Crippen molar-refractivity contribution in [2.24, 2.45) is 40.9 Å². The first-order chi connectivity index (χ1) is 24.2. The first-order valence-corrected chi connectivity index (χ1v) is 21.3. The number of aliphatic hydroxyl groups excluding tert-OH is 3. The molecule has 2 aliphatic heterocycles. The van der Waals surface area contributed by atoms with E-state index in [1.54, 1.807) is 6.08 Å². The molecule has 4 saturated carbocycles. The number of carbonyl (C=O) groups excluding carboxylic acids is 1. The molecule has 286 valence electrons. The van der Waals surface area contributed by atoms with Crippen LogP contribution in [0.5, 0.6) is 0 Å². The normalized spacial score (nSPS) is 37.7. The fraction of sp³-hybridized carbons (Fsp3) is 0.929. The summed E-state index contributed by atoms with van der Waals surface area (Å²) in [5.41, 5.74) is 0.352. The lowest BCUT2D eigenvalue weighted by atomic mass is 9.53. The molecule has 5 fully saturated rings. The Morgan fingerprint density at radius 2 is 1.64 bits per heavy atom. The van der Waals surface area contributed by atoms with Crippen LogP contribution in [0, 0.1) is 40.9 Å². The third-order valence-electron chi connectivity index (χ3n) is 14.9. The Morgan fingerprint density at radius 3 is 2.38 bits per heavy atom. The smallest absolute Gasteiger partial charge is 0.243 e. The minimum absolute atomic E-state index is 0.00714. The monoisotopic (exact) mass is 700 g/mol. The molecule has 8 unspecified atom stereocenters. The van der Waals surface area contributed by atoms with Crippen LogP contribution in [0.4, 0.5) is 0 Å². The molecule has 1 amide bonds. The van der Waals surface area contributed by atoms with Gasteiger partial charge in [-0.1, -0.05) is 25.3 Å². The molecule has 0 spiro atoms. The minimum atomic E-state index is -0.537. The average Bonchev–Trinajstić information content (AvgIpc) is 3.13. The maximum atomic E-state index is 11.8. The largest absolute Gasteiger partial charge is 0.393 e. The van der Waals surface area contributed by atoms with Crippen LogP contribution in [-0.2, 0) is 9.53 Å². The van der Waals surface area contributed by atoms with Gasteiger partial charge >= 0.3 is 0 Å². The summed E-state index contributed by atoms with van der Waals surface area (Å²) in [6, 6.07) is 0.342. The number of nitrogens with zero attached hydrogens (tertiary/aromatic N) is 1. The fourth-order valence-electron chi connectivity index (χ4n) is 11.8. The number of rotatable bonds is 14. The molecule has 8 nitrogen and oxygen atoms in total. The number of ether oxygens (including phenoxy) is 1. The Morgan fingerprint density at radius 1 is 0.920 bits per heavy atom. The zero-order valence-electron chi connectivity index (χ0n) is 31.7. The van der Waals surface area contributed by atoms with E-state index >= 15 is 0 Å². The molecule has 0 aromatic rings. The summed E-state index contributed by atoms with van der Waals surface area (Å²) in [5, 5.41) is 39.3. The second kappa shape index (κ2) is 18.3. The van der Waals surface area contributed by atoms with Crippen molar-refractivity contribution >= 4 is 5.91 Å². The molecule has 8 heteroatoms. The van der Waals surface area contributed by atoms with Gasteiger partial charge in [-0.15, -0.1) is 0 Å². The molecule has 0 aromatic heterocycles. The zero-order chi connectivity index (χ0) is 35.1. The van der Waals surface area contributed by atoms with Crippen LogP contribution in [0.25, 0.3) is 0 Å². The number of fused-ring (bicyclic) bond motifs is 1. The molecule has 6 rings (SSSR count). The Labute approximate surface area is 303 Å². The molecule has 50 heavy (non-hydrogen) atoms. The lowest BCUT2D eigenvalue weighted by molar-refractivity contribution is -0.120. The van der Waals surface area contributed by atoms with Crippen molar-refractivity contribution in [3.05, 3.63) is 12.2 Å². The Balaban J connectivity index is 0.864. The Kier molecular flexibility index (Phi) is 14.2. The van der Waals surface area contributed by atoms with E-state index in [4.69, 9.17) is 4.74 Å². The highest BCUT2D eigenvalue weighted by Crippen LogP contribution is 2.56. The van der Waals surface area contributed by atoms with Gasteiger partial charge in [-0.3, -0.25) is 4.79 Å². The summed E-state index contributed by atoms with van der Waals surface area (Å²) in [6.07, 6.45) is 25.4. The van der Waals surface area contributed by atoms with Gasteiger partial charge in [0.05, 0.1) is 30.5 Å². The molecule has 2 heterocycles. The van der Waals surface area contributed by atoms with Gasteiger partial charge in [0.1, 0.15) is 0 Å². The molecule has 5 N–H and O–H groups in total. The second-order valence-electron chi connectivity index (χ2n) is 18.0. The van der Waals surface area contributed by atoms with E-state index in [0.717, 1.165) is 69.4 Å². The fourth-order valence-corrected chi connectivity index (χ4v) is 11.8. The van der Waals surface area contributed by atoms with Gasteiger partial charge in [-0.05, 0) is 177 Å². The molecule has 0 aromatic carbocycles. The Bertz CT molecular complexity index is 1060. The van der Waals surface area contributed by atoms with E-state index in [1.807, 2.05) is 6.08 Å². The number of carbonyl (C=O) groups is 1. The van der Waals surface area contributed by atoms with Crippen molar-refractivity contribution in [2.75, 3.05) is 32.8 Å². The van der Waals surface area contributed by atoms with E-state index < -0.39 is 12.2 Å². The van der Waals surface area contributed by atoms with E-state index in [1.165, 1.54) is 90.1 Å². The second-order valence-corrected chi connectivity index (χ2v) is 18.0. The molecule has 4 aliphatic carbocycles. The van der Waals surface area contributed by atoms with Gasteiger partial charge in [0.15, 0.2) is 0 Å². The number of aliphatic hydroxyl groups is 3. The number of piperidine rings is 1. The van der Waals surface area contributed by atoms with Gasteiger partial charge in [0.25, 0.3) is 0 Å². The van der Waals surface area contributed by atoms with Crippen molar-refractivity contribution in [1.29, 1.82) is 0 Å². The highest BCUT2D eigenvalue weighted by Gasteiger charge is 2.51. The van der Waals surface area contributed by atoms with Gasteiger partial charge in [0.2, 0.25) is 5.91 Å². The van der Waals surface area contributed by atoms with E-state index in [9.17, 15) is 20.1 Å². The van der Waals surface area contributed by atoms with Gasteiger partial charge < -0.3 is 35.6 Å². The molecule has 0 bridgehead atoms. The Hall–Kier alpha value is -1.03.